The molecule has 1 aliphatic rings. The van der Waals surface area contributed by atoms with Crippen molar-refractivity contribution in [3.63, 3.8) is 0 Å². The SMILES string of the molecule is O=C1/C(=c2\sc3nc(-c4cccnc4)nn3c2=O)c2cc(Br)ccc2N1Cc1ccccc1. The van der Waals surface area contributed by atoms with Gasteiger partial charge in [0.15, 0.2) is 5.82 Å². The molecule has 6 rings (SSSR count). The van der Waals surface area contributed by atoms with E-state index in [-0.39, 0.29) is 11.5 Å². The van der Waals surface area contributed by atoms with Crippen LogP contribution >= 0.6 is 27.3 Å². The number of pyridine rings is 1. The second-order valence-corrected chi connectivity index (χ2v) is 9.41. The van der Waals surface area contributed by atoms with Gasteiger partial charge in [-0.2, -0.15) is 9.50 Å². The van der Waals surface area contributed by atoms with Gasteiger partial charge in [-0.05, 0) is 35.9 Å². The van der Waals surface area contributed by atoms with Crippen molar-refractivity contribution in [2.24, 2.45) is 0 Å². The zero-order valence-electron chi connectivity index (χ0n) is 17.0. The van der Waals surface area contributed by atoms with Crippen molar-refractivity contribution < 1.29 is 4.79 Å². The Morgan fingerprint density at radius 2 is 1.85 bits per heavy atom. The van der Waals surface area contributed by atoms with Gasteiger partial charge < -0.3 is 4.90 Å². The molecule has 2 aromatic carbocycles. The van der Waals surface area contributed by atoms with Crippen LogP contribution in [0.1, 0.15) is 11.1 Å². The van der Waals surface area contributed by atoms with E-state index in [9.17, 15) is 9.59 Å². The van der Waals surface area contributed by atoms with Crippen LogP contribution in [0.15, 0.2) is 82.3 Å². The Hall–Kier alpha value is -3.69. The average Bonchev–Trinajstić information content (AvgIpc) is 3.46. The van der Waals surface area contributed by atoms with Crippen LogP contribution in [0.2, 0.25) is 0 Å². The van der Waals surface area contributed by atoms with Gasteiger partial charge in [0.25, 0.3) is 11.5 Å². The molecule has 0 saturated carbocycles. The van der Waals surface area contributed by atoms with Crippen molar-refractivity contribution in [3.8, 4) is 11.4 Å². The van der Waals surface area contributed by atoms with E-state index in [1.165, 1.54) is 15.9 Å². The minimum absolute atomic E-state index is 0.207. The quantitative estimate of drug-likeness (QED) is 0.367. The van der Waals surface area contributed by atoms with E-state index in [0.717, 1.165) is 26.9 Å². The number of halogens is 1. The normalized spacial score (nSPS) is 14.8. The molecule has 4 heterocycles. The Balaban J connectivity index is 1.53. The fourth-order valence-electron chi connectivity index (χ4n) is 3.95. The highest BCUT2D eigenvalue weighted by atomic mass is 79.9. The zero-order chi connectivity index (χ0) is 22.5. The molecule has 0 spiro atoms. The Morgan fingerprint density at radius 3 is 2.61 bits per heavy atom. The molecule has 7 nitrogen and oxygen atoms in total. The number of carbonyl (C=O) groups is 1. The molecule has 1 amide bonds. The molecule has 160 valence electrons. The van der Waals surface area contributed by atoms with Crippen LogP contribution in [0.3, 0.4) is 0 Å². The molecule has 0 unspecified atom stereocenters. The topological polar surface area (TPSA) is 80.5 Å². The highest BCUT2D eigenvalue weighted by Gasteiger charge is 2.34. The van der Waals surface area contributed by atoms with E-state index >= 15 is 0 Å². The lowest BCUT2D eigenvalue weighted by Crippen LogP contribution is -2.32. The Labute approximate surface area is 199 Å². The van der Waals surface area contributed by atoms with E-state index in [0.29, 0.717) is 27.4 Å². The fourth-order valence-corrected chi connectivity index (χ4v) is 5.31. The molecule has 9 heteroatoms. The summed E-state index contributed by atoms with van der Waals surface area (Å²) in [5, 5.41) is 4.38. The number of carbonyl (C=O) groups excluding carboxylic acids is 1. The first-order valence-electron chi connectivity index (χ1n) is 10.1. The van der Waals surface area contributed by atoms with Gasteiger partial charge in [0.1, 0.15) is 4.53 Å². The first-order valence-corrected chi connectivity index (χ1v) is 11.7. The van der Waals surface area contributed by atoms with Gasteiger partial charge in [0, 0.05) is 28.0 Å². The lowest BCUT2D eigenvalue weighted by molar-refractivity contribution is -0.113. The molecule has 0 N–H and O–H groups in total. The van der Waals surface area contributed by atoms with Gasteiger partial charge in [-0.25, -0.2) is 0 Å². The molecule has 0 bridgehead atoms. The summed E-state index contributed by atoms with van der Waals surface area (Å²) in [6.07, 6.45) is 3.31. The summed E-state index contributed by atoms with van der Waals surface area (Å²) in [5.74, 6) is 0.218. The predicted molar refractivity (Wildman–Crippen MR) is 130 cm³/mol. The number of hydrogen-bond donors (Lipinski definition) is 0. The third kappa shape index (κ3) is 3.28. The fraction of sp³-hybridized carbons (Fsp3) is 0.0417. The van der Waals surface area contributed by atoms with Crippen molar-refractivity contribution in [3.05, 3.63) is 104 Å². The number of rotatable bonds is 3. The molecule has 0 fully saturated rings. The molecule has 0 radical (unpaired) electrons. The van der Waals surface area contributed by atoms with Crippen LogP contribution in [0.4, 0.5) is 5.69 Å². The molecule has 0 aliphatic carbocycles. The van der Waals surface area contributed by atoms with Crippen molar-refractivity contribution in [2.45, 2.75) is 6.54 Å². The molecular weight excluding hydrogens is 502 g/mol. The summed E-state index contributed by atoms with van der Waals surface area (Å²) in [6, 6.07) is 19.1. The summed E-state index contributed by atoms with van der Waals surface area (Å²) in [5.41, 5.74) is 3.26. The van der Waals surface area contributed by atoms with Crippen molar-refractivity contribution in [2.75, 3.05) is 4.90 Å². The number of aromatic nitrogens is 4. The number of nitrogens with zero attached hydrogens (tertiary/aromatic N) is 5. The van der Waals surface area contributed by atoms with Crippen molar-refractivity contribution in [1.29, 1.82) is 0 Å². The zero-order valence-corrected chi connectivity index (χ0v) is 19.4. The number of amides is 1. The number of fused-ring (bicyclic) bond motifs is 2. The van der Waals surface area contributed by atoms with Crippen LogP contribution in [-0.4, -0.2) is 25.5 Å². The van der Waals surface area contributed by atoms with Gasteiger partial charge in [0.2, 0.25) is 4.96 Å². The molecule has 5 aromatic rings. The third-order valence-corrected chi connectivity index (χ3v) is 6.99. The highest BCUT2D eigenvalue weighted by Crippen LogP contribution is 2.38. The lowest BCUT2D eigenvalue weighted by Gasteiger charge is -2.17. The standard InChI is InChI=1S/C24H14BrN5O2S/c25-16-8-9-18-17(11-16)19(22(31)29(18)13-14-5-2-1-3-6-14)20-23(32)30-24(33-20)27-21(28-30)15-7-4-10-26-12-15/h1-12H,13H2/b20-19-. The third-order valence-electron chi connectivity index (χ3n) is 5.47. The highest BCUT2D eigenvalue weighted by molar-refractivity contribution is 9.10. The van der Waals surface area contributed by atoms with Crippen LogP contribution in [0.5, 0.6) is 0 Å². The average molecular weight is 516 g/mol. The first kappa shape index (κ1) is 20.0. The van der Waals surface area contributed by atoms with Crippen LogP contribution in [-0.2, 0) is 11.3 Å². The van der Waals surface area contributed by atoms with Gasteiger partial charge in [-0.15, -0.1) is 5.10 Å². The van der Waals surface area contributed by atoms with Crippen molar-refractivity contribution in [1.82, 2.24) is 19.6 Å². The van der Waals surface area contributed by atoms with Gasteiger partial charge in [-0.3, -0.25) is 14.6 Å². The second-order valence-electron chi connectivity index (χ2n) is 7.52. The molecule has 1 aliphatic heterocycles. The number of thiazole rings is 1. The Morgan fingerprint density at radius 1 is 1.00 bits per heavy atom. The first-order chi connectivity index (χ1) is 16.1. The second kappa shape index (κ2) is 7.72. The Bertz CT molecular complexity index is 1650. The number of hydrogen-bond acceptors (Lipinski definition) is 6. The summed E-state index contributed by atoms with van der Waals surface area (Å²) in [4.78, 5) is 37.7. The summed E-state index contributed by atoms with van der Waals surface area (Å²) < 4.78 is 2.43. The van der Waals surface area contributed by atoms with E-state index in [1.807, 2.05) is 54.6 Å². The summed E-state index contributed by atoms with van der Waals surface area (Å²) in [7, 11) is 0. The molecular formula is C24H14BrN5O2S. The number of benzene rings is 2. The van der Waals surface area contributed by atoms with E-state index < -0.39 is 0 Å². The maximum Gasteiger partial charge on any atom is 0.291 e. The molecule has 0 atom stereocenters. The van der Waals surface area contributed by atoms with Gasteiger partial charge in [-0.1, -0.05) is 57.6 Å². The number of anilines is 1. The van der Waals surface area contributed by atoms with Crippen LogP contribution in [0.25, 0.3) is 21.9 Å². The maximum absolute atomic E-state index is 13.6. The summed E-state index contributed by atoms with van der Waals surface area (Å²) in [6.45, 7) is 0.415. The van der Waals surface area contributed by atoms with Crippen molar-refractivity contribution >= 4 is 49.4 Å². The molecule has 33 heavy (non-hydrogen) atoms. The van der Waals surface area contributed by atoms with Gasteiger partial charge >= 0.3 is 0 Å². The largest absolute Gasteiger partial charge is 0.303 e. The molecule has 0 saturated heterocycles. The Kier molecular flexibility index (Phi) is 4.67. The monoisotopic (exact) mass is 515 g/mol. The minimum Gasteiger partial charge on any atom is -0.303 e. The van der Waals surface area contributed by atoms with E-state index in [4.69, 9.17) is 0 Å². The molecule has 3 aromatic heterocycles. The van der Waals surface area contributed by atoms with Crippen LogP contribution < -0.4 is 15.0 Å². The predicted octanol–water partition coefficient (Wildman–Crippen LogP) is 3.44. The van der Waals surface area contributed by atoms with Crippen LogP contribution in [0, 0.1) is 0 Å². The van der Waals surface area contributed by atoms with E-state index in [2.05, 4.69) is 31.0 Å². The van der Waals surface area contributed by atoms with Gasteiger partial charge in [0.05, 0.1) is 17.8 Å². The lowest BCUT2D eigenvalue weighted by atomic mass is 10.1. The minimum atomic E-state index is -0.353. The smallest absolute Gasteiger partial charge is 0.291 e. The van der Waals surface area contributed by atoms with E-state index in [1.54, 1.807) is 23.4 Å². The summed E-state index contributed by atoms with van der Waals surface area (Å²) >= 11 is 4.67. The maximum atomic E-state index is 13.6.